The topological polar surface area (TPSA) is 9.23 Å². The molecule has 0 rings (SSSR count). The zero-order valence-corrected chi connectivity index (χ0v) is 6.18. The molecular weight excluding hydrogens is 190 g/mol. The summed E-state index contributed by atoms with van der Waals surface area (Å²) < 4.78 is 74.4. The Morgan fingerprint density at radius 2 is 1.25 bits per heavy atom. The number of hydrogen-bond donors (Lipinski definition) is 0. The van der Waals surface area contributed by atoms with E-state index < -0.39 is 18.0 Å². The quantitative estimate of drug-likeness (QED) is 0.616. The highest BCUT2D eigenvalue weighted by Crippen LogP contribution is 2.44. The molecule has 0 aromatic carbocycles. The Labute approximate surface area is 64.3 Å². The molecule has 0 aliphatic carbocycles. The minimum atomic E-state index is -5.66. The number of hydrogen-bond acceptors (Lipinski definition) is 1. The SMILES string of the molecule is COC(F)(F)C(C)(F)C(F)(F)F. The van der Waals surface area contributed by atoms with Crippen molar-refractivity contribution in [3.05, 3.63) is 0 Å². The molecule has 1 atom stereocenters. The van der Waals surface area contributed by atoms with Gasteiger partial charge in [-0.2, -0.15) is 22.0 Å². The highest BCUT2D eigenvalue weighted by Gasteiger charge is 2.68. The molecule has 0 aliphatic rings. The summed E-state index contributed by atoms with van der Waals surface area (Å²) in [5, 5.41) is 0. The van der Waals surface area contributed by atoms with E-state index in [2.05, 4.69) is 4.74 Å². The Hall–Kier alpha value is -0.460. The van der Waals surface area contributed by atoms with Gasteiger partial charge in [0.05, 0.1) is 0 Å². The summed E-state index contributed by atoms with van der Waals surface area (Å²) in [5.41, 5.74) is -4.67. The molecule has 12 heavy (non-hydrogen) atoms. The molecule has 0 aromatic rings. The van der Waals surface area contributed by atoms with Gasteiger partial charge in [0, 0.05) is 7.11 Å². The van der Waals surface area contributed by atoms with Crippen molar-refractivity contribution in [1.82, 2.24) is 0 Å². The molecule has 0 aromatic heterocycles. The van der Waals surface area contributed by atoms with Gasteiger partial charge in [-0.15, -0.1) is 0 Å². The molecule has 0 amide bonds. The second-order valence-electron chi connectivity index (χ2n) is 2.22. The molecule has 0 aliphatic heterocycles. The maximum absolute atomic E-state index is 12.4. The van der Waals surface area contributed by atoms with Gasteiger partial charge in [0.2, 0.25) is 0 Å². The molecule has 74 valence electrons. The first-order valence-electron chi connectivity index (χ1n) is 2.75. The highest BCUT2D eigenvalue weighted by atomic mass is 19.4. The summed E-state index contributed by atoms with van der Waals surface area (Å²) in [4.78, 5) is 0. The second kappa shape index (κ2) is 2.79. The number of methoxy groups -OCH3 is 1. The van der Waals surface area contributed by atoms with Crippen molar-refractivity contribution >= 4 is 0 Å². The molecule has 1 unspecified atom stereocenters. The lowest BCUT2D eigenvalue weighted by molar-refractivity contribution is -0.370. The Bertz CT molecular complexity index is 160. The smallest absolute Gasteiger partial charge is 0.321 e. The van der Waals surface area contributed by atoms with Gasteiger partial charge in [0.15, 0.2) is 0 Å². The molecule has 0 saturated carbocycles. The molecular formula is C5H6F6O. The summed E-state index contributed by atoms with van der Waals surface area (Å²) in [6.07, 6.45) is -10.5. The predicted octanol–water partition coefficient (Wildman–Crippen LogP) is 2.52. The molecule has 1 nitrogen and oxygen atoms in total. The van der Waals surface area contributed by atoms with Gasteiger partial charge < -0.3 is 4.74 Å². The van der Waals surface area contributed by atoms with Gasteiger partial charge in [-0.25, -0.2) is 4.39 Å². The van der Waals surface area contributed by atoms with Crippen molar-refractivity contribution in [2.45, 2.75) is 24.9 Å². The van der Waals surface area contributed by atoms with Gasteiger partial charge in [0.25, 0.3) is 5.67 Å². The number of alkyl halides is 6. The minimum absolute atomic E-state index is 0.281. The molecule has 7 heteroatoms. The highest BCUT2D eigenvalue weighted by molar-refractivity contribution is 4.90. The van der Waals surface area contributed by atoms with E-state index in [0.717, 1.165) is 0 Å². The Kier molecular flexibility index (Phi) is 2.68. The van der Waals surface area contributed by atoms with Crippen LogP contribution in [0, 0.1) is 0 Å². The maximum atomic E-state index is 12.4. The van der Waals surface area contributed by atoms with E-state index in [0.29, 0.717) is 7.11 Å². The van der Waals surface area contributed by atoms with Crippen LogP contribution < -0.4 is 0 Å². The summed E-state index contributed by atoms with van der Waals surface area (Å²) >= 11 is 0. The van der Waals surface area contributed by atoms with Crippen molar-refractivity contribution in [3.63, 3.8) is 0 Å². The van der Waals surface area contributed by atoms with Crippen LogP contribution >= 0.6 is 0 Å². The van der Waals surface area contributed by atoms with Crippen LogP contribution in [0.1, 0.15) is 6.92 Å². The van der Waals surface area contributed by atoms with Crippen LogP contribution in [0.15, 0.2) is 0 Å². The van der Waals surface area contributed by atoms with Crippen molar-refractivity contribution < 1.29 is 31.1 Å². The molecule has 0 N–H and O–H groups in total. The molecule has 0 fully saturated rings. The number of rotatable bonds is 2. The van der Waals surface area contributed by atoms with E-state index in [1.165, 1.54) is 0 Å². The third-order valence-electron chi connectivity index (χ3n) is 1.34. The van der Waals surface area contributed by atoms with E-state index in [-0.39, 0.29) is 6.92 Å². The largest absolute Gasteiger partial charge is 0.430 e. The number of ether oxygens (including phenoxy) is 1. The minimum Gasteiger partial charge on any atom is -0.321 e. The van der Waals surface area contributed by atoms with Gasteiger partial charge in [-0.05, 0) is 6.92 Å². The van der Waals surface area contributed by atoms with Crippen molar-refractivity contribution in [2.24, 2.45) is 0 Å². The summed E-state index contributed by atoms with van der Waals surface area (Å²) in [5.74, 6) is 0. The van der Waals surface area contributed by atoms with E-state index in [9.17, 15) is 26.3 Å². The third-order valence-corrected chi connectivity index (χ3v) is 1.34. The lowest BCUT2D eigenvalue weighted by Gasteiger charge is -2.29. The fourth-order valence-electron chi connectivity index (χ4n) is 0.357. The van der Waals surface area contributed by atoms with Crippen LogP contribution in [0.25, 0.3) is 0 Å². The van der Waals surface area contributed by atoms with Gasteiger partial charge >= 0.3 is 12.3 Å². The average molecular weight is 196 g/mol. The molecule has 0 radical (unpaired) electrons. The number of halogens is 6. The Morgan fingerprint density at radius 3 is 1.33 bits per heavy atom. The van der Waals surface area contributed by atoms with Gasteiger partial charge in [-0.1, -0.05) is 0 Å². The van der Waals surface area contributed by atoms with Crippen LogP contribution in [0.2, 0.25) is 0 Å². The zero-order chi connectivity index (χ0) is 10.2. The standard InChI is InChI=1S/C5H6F6O/c1-3(6,4(7,8)9)5(10,11)12-2/h1-2H3. The Morgan fingerprint density at radius 1 is 0.917 bits per heavy atom. The first kappa shape index (κ1) is 11.5. The van der Waals surface area contributed by atoms with Crippen LogP contribution in [0.4, 0.5) is 26.3 Å². The third kappa shape index (κ3) is 1.65. The monoisotopic (exact) mass is 196 g/mol. The van der Waals surface area contributed by atoms with Gasteiger partial charge in [-0.3, -0.25) is 0 Å². The van der Waals surface area contributed by atoms with Crippen LogP contribution in [0.3, 0.4) is 0 Å². The van der Waals surface area contributed by atoms with E-state index in [4.69, 9.17) is 0 Å². The second-order valence-corrected chi connectivity index (χ2v) is 2.22. The average Bonchev–Trinajstić information content (AvgIpc) is 1.85. The fourth-order valence-corrected chi connectivity index (χ4v) is 0.357. The molecule has 0 spiro atoms. The summed E-state index contributed by atoms with van der Waals surface area (Å²) in [7, 11) is 0.295. The first-order chi connectivity index (χ1) is 5.06. The molecule has 0 heterocycles. The zero-order valence-electron chi connectivity index (χ0n) is 6.18. The lowest BCUT2D eigenvalue weighted by atomic mass is 10.1. The normalized spacial score (nSPS) is 19.0. The van der Waals surface area contributed by atoms with Crippen molar-refractivity contribution in [3.8, 4) is 0 Å². The molecule has 0 bridgehead atoms. The van der Waals surface area contributed by atoms with E-state index in [1.807, 2.05) is 0 Å². The predicted molar refractivity (Wildman–Crippen MR) is 27.5 cm³/mol. The summed E-state index contributed by atoms with van der Waals surface area (Å²) in [6, 6.07) is 0. The van der Waals surface area contributed by atoms with E-state index >= 15 is 0 Å². The summed E-state index contributed by atoms with van der Waals surface area (Å²) in [6.45, 7) is -0.281. The first-order valence-corrected chi connectivity index (χ1v) is 2.75. The van der Waals surface area contributed by atoms with Crippen molar-refractivity contribution in [1.29, 1.82) is 0 Å². The van der Waals surface area contributed by atoms with Crippen LogP contribution in [-0.2, 0) is 4.74 Å². The van der Waals surface area contributed by atoms with Gasteiger partial charge in [0.1, 0.15) is 0 Å². The van der Waals surface area contributed by atoms with Crippen LogP contribution in [-0.4, -0.2) is 25.1 Å². The Balaban J connectivity index is 4.85. The van der Waals surface area contributed by atoms with Crippen molar-refractivity contribution in [2.75, 3.05) is 7.11 Å². The van der Waals surface area contributed by atoms with E-state index in [1.54, 1.807) is 0 Å². The fraction of sp³-hybridized carbons (Fsp3) is 1.00. The molecule has 0 saturated heterocycles. The maximum Gasteiger partial charge on any atom is 0.430 e. The lowest BCUT2D eigenvalue weighted by Crippen LogP contribution is -2.53. The van der Waals surface area contributed by atoms with Crippen LogP contribution in [0.5, 0.6) is 0 Å².